The maximum absolute atomic E-state index is 13.8. The summed E-state index contributed by atoms with van der Waals surface area (Å²) >= 11 is 0. The van der Waals surface area contributed by atoms with Crippen LogP contribution in [0.25, 0.3) is 5.69 Å². The Balaban J connectivity index is 1.75. The van der Waals surface area contributed by atoms with E-state index in [0.717, 1.165) is 30.0 Å². The fourth-order valence-corrected chi connectivity index (χ4v) is 6.32. The lowest BCUT2D eigenvalue weighted by Crippen LogP contribution is -2.44. The summed E-state index contributed by atoms with van der Waals surface area (Å²) in [5.74, 6) is -1.01. The molecule has 5 rings (SSSR count). The van der Waals surface area contributed by atoms with Crippen molar-refractivity contribution in [3.8, 4) is 5.69 Å². The minimum Gasteiger partial charge on any atom is -0.462 e. The maximum atomic E-state index is 13.8. The zero-order chi connectivity index (χ0) is 28.4. The van der Waals surface area contributed by atoms with Gasteiger partial charge in [-0.2, -0.15) is 21.6 Å². The monoisotopic (exact) mass is 564 g/mol. The molecular weight excluding hydrogens is 541 g/mol. The Bertz CT molecular complexity index is 1750. The Kier molecular flexibility index (Phi) is 6.12. The van der Waals surface area contributed by atoms with Crippen LogP contribution >= 0.6 is 0 Å². The predicted octanol–water partition coefficient (Wildman–Crippen LogP) is 2.86. The number of anilines is 2. The summed E-state index contributed by atoms with van der Waals surface area (Å²) in [6.07, 6.45) is -3.61. The van der Waals surface area contributed by atoms with Gasteiger partial charge in [-0.1, -0.05) is 12.1 Å². The van der Waals surface area contributed by atoms with Crippen LogP contribution in [0.5, 0.6) is 0 Å². The largest absolute Gasteiger partial charge is 0.462 e. The number of esters is 1. The number of aromatic nitrogens is 2. The highest BCUT2D eigenvalue weighted by Gasteiger charge is 2.39. The molecule has 0 fully saturated rings. The second-order valence-electron chi connectivity index (χ2n) is 9.13. The second kappa shape index (κ2) is 9.00. The molecule has 0 unspecified atom stereocenters. The van der Waals surface area contributed by atoms with Crippen LogP contribution in [-0.2, 0) is 27.5 Å². The Labute approximate surface area is 220 Å². The highest BCUT2D eigenvalue weighted by Crippen LogP contribution is 2.42. The standard InChI is InChI=1S/C25H23F3N4O6S/c1-4-38-23(34)17-13-31(14-8-10-20-21(12-14)30(3)39(36,37)29(20)2)24(35)32(22(17)33)19-11-9-15-16(19)6-5-7-18(15)25(26,27)28/h5-8,10,12-13,19H,4,9,11H2,1-3H3/t19-/m1/s1. The minimum absolute atomic E-state index is 0.0122. The van der Waals surface area contributed by atoms with E-state index in [1.165, 1.54) is 51.4 Å². The van der Waals surface area contributed by atoms with Crippen LogP contribution in [0.3, 0.4) is 0 Å². The normalized spacial score (nSPS) is 17.7. The summed E-state index contributed by atoms with van der Waals surface area (Å²) in [5, 5.41) is 0. The van der Waals surface area contributed by atoms with E-state index in [1.54, 1.807) is 0 Å². The van der Waals surface area contributed by atoms with Gasteiger partial charge in [0.25, 0.3) is 5.56 Å². The Morgan fingerprint density at radius 3 is 2.44 bits per heavy atom. The first-order valence-electron chi connectivity index (χ1n) is 11.9. The van der Waals surface area contributed by atoms with Gasteiger partial charge in [-0.05, 0) is 55.2 Å². The molecule has 0 radical (unpaired) electrons. The van der Waals surface area contributed by atoms with Gasteiger partial charge in [0.15, 0.2) is 0 Å². The van der Waals surface area contributed by atoms with Gasteiger partial charge in [0.1, 0.15) is 5.56 Å². The number of alkyl halides is 3. The number of benzene rings is 2. The van der Waals surface area contributed by atoms with E-state index in [9.17, 15) is 36.0 Å². The number of nitrogens with zero attached hydrogens (tertiary/aromatic N) is 4. The molecule has 2 aromatic carbocycles. The minimum atomic E-state index is -4.62. The van der Waals surface area contributed by atoms with Gasteiger partial charge in [-0.25, -0.2) is 9.59 Å². The Hall–Kier alpha value is -4.07. The molecule has 0 spiro atoms. The first-order chi connectivity index (χ1) is 18.3. The molecule has 1 atom stereocenters. The zero-order valence-corrected chi connectivity index (χ0v) is 21.8. The molecule has 2 heterocycles. The SMILES string of the molecule is CCOC(=O)c1cn(-c2ccc3c(c2)N(C)S(=O)(=O)N3C)c(=O)n([C@@H]2CCc3c2cccc3C(F)(F)F)c1=O. The van der Waals surface area contributed by atoms with Gasteiger partial charge in [-0.15, -0.1) is 0 Å². The Morgan fingerprint density at radius 2 is 1.77 bits per heavy atom. The molecule has 1 aliphatic carbocycles. The molecule has 0 bridgehead atoms. The molecule has 3 aromatic rings. The molecule has 2 aliphatic rings. The first kappa shape index (κ1) is 26.5. The van der Waals surface area contributed by atoms with Crippen LogP contribution < -0.4 is 19.9 Å². The van der Waals surface area contributed by atoms with Crippen molar-refractivity contribution in [2.24, 2.45) is 0 Å². The number of hydrogen-bond donors (Lipinski definition) is 0. The van der Waals surface area contributed by atoms with E-state index >= 15 is 0 Å². The lowest BCUT2D eigenvalue weighted by Gasteiger charge is -2.19. The summed E-state index contributed by atoms with van der Waals surface area (Å²) in [7, 11) is -1.11. The fraction of sp³-hybridized carbons (Fsp3) is 0.320. The van der Waals surface area contributed by atoms with Gasteiger partial charge in [-0.3, -0.25) is 22.5 Å². The van der Waals surface area contributed by atoms with Crippen LogP contribution in [-0.4, -0.2) is 44.2 Å². The second-order valence-corrected chi connectivity index (χ2v) is 11.1. The van der Waals surface area contributed by atoms with Gasteiger partial charge >= 0.3 is 28.0 Å². The van der Waals surface area contributed by atoms with E-state index in [4.69, 9.17) is 4.74 Å². The number of hydrogen-bond acceptors (Lipinski definition) is 6. The van der Waals surface area contributed by atoms with Crippen molar-refractivity contribution in [2.75, 3.05) is 29.3 Å². The third-order valence-electron chi connectivity index (χ3n) is 7.08. The molecule has 0 N–H and O–H groups in total. The lowest BCUT2D eigenvalue weighted by atomic mass is 10.0. The number of rotatable bonds is 4. The number of halogens is 3. The third kappa shape index (κ3) is 4.01. The maximum Gasteiger partial charge on any atom is 0.416 e. The van der Waals surface area contributed by atoms with Crippen molar-refractivity contribution >= 4 is 27.6 Å². The molecule has 1 aromatic heterocycles. The van der Waals surface area contributed by atoms with Gasteiger partial charge < -0.3 is 4.74 Å². The van der Waals surface area contributed by atoms with Crippen molar-refractivity contribution in [3.05, 3.63) is 85.7 Å². The highest BCUT2D eigenvalue weighted by molar-refractivity contribution is 7.94. The van der Waals surface area contributed by atoms with E-state index in [2.05, 4.69) is 0 Å². The van der Waals surface area contributed by atoms with Gasteiger partial charge in [0.05, 0.1) is 35.3 Å². The summed E-state index contributed by atoms with van der Waals surface area (Å²) in [6, 6.07) is 6.85. The molecule has 206 valence electrons. The first-order valence-corrected chi connectivity index (χ1v) is 13.3. The molecule has 0 saturated carbocycles. The molecule has 0 saturated heterocycles. The van der Waals surface area contributed by atoms with Crippen molar-refractivity contribution in [3.63, 3.8) is 0 Å². The van der Waals surface area contributed by atoms with Crippen molar-refractivity contribution in [1.29, 1.82) is 0 Å². The van der Waals surface area contributed by atoms with Crippen LogP contribution in [0.15, 0.2) is 52.2 Å². The van der Waals surface area contributed by atoms with E-state index < -0.39 is 50.8 Å². The Morgan fingerprint density at radius 1 is 1.08 bits per heavy atom. The topological polar surface area (TPSA) is 111 Å². The lowest BCUT2D eigenvalue weighted by molar-refractivity contribution is -0.138. The average Bonchev–Trinajstić information content (AvgIpc) is 3.37. The average molecular weight is 565 g/mol. The molecule has 10 nitrogen and oxygen atoms in total. The van der Waals surface area contributed by atoms with E-state index in [0.29, 0.717) is 5.69 Å². The van der Waals surface area contributed by atoms with E-state index in [-0.39, 0.29) is 42.0 Å². The van der Waals surface area contributed by atoms with Gasteiger partial charge in [0.2, 0.25) is 0 Å². The number of carbonyl (C=O) groups excluding carboxylic acids is 1. The van der Waals surface area contributed by atoms with Crippen LogP contribution in [0.4, 0.5) is 24.5 Å². The summed E-state index contributed by atoms with van der Waals surface area (Å²) < 4.78 is 74.9. The highest BCUT2D eigenvalue weighted by atomic mass is 32.2. The predicted molar refractivity (Wildman–Crippen MR) is 136 cm³/mol. The van der Waals surface area contributed by atoms with Crippen LogP contribution in [0.2, 0.25) is 0 Å². The fourth-order valence-electron chi connectivity index (χ4n) is 5.16. The smallest absolute Gasteiger partial charge is 0.416 e. The number of ether oxygens (including phenoxy) is 1. The van der Waals surface area contributed by atoms with Crippen molar-refractivity contribution in [1.82, 2.24) is 9.13 Å². The number of fused-ring (bicyclic) bond motifs is 2. The summed E-state index contributed by atoms with van der Waals surface area (Å²) in [6.45, 7) is 1.47. The summed E-state index contributed by atoms with van der Waals surface area (Å²) in [4.78, 5) is 40.0. The van der Waals surface area contributed by atoms with Crippen molar-refractivity contribution in [2.45, 2.75) is 32.0 Å². The van der Waals surface area contributed by atoms with Crippen molar-refractivity contribution < 1.29 is 31.1 Å². The van der Waals surface area contributed by atoms with E-state index in [1.807, 2.05) is 0 Å². The molecular formula is C25H23F3N4O6S. The quantitative estimate of drug-likeness (QED) is 0.451. The van der Waals surface area contributed by atoms with Gasteiger partial charge in [0, 0.05) is 20.3 Å². The number of carbonyl (C=O) groups is 1. The molecule has 14 heteroatoms. The zero-order valence-electron chi connectivity index (χ0n) is 21.0. The third-order valence-corrected chi connectivity index (χ3v) is 8.86. The molecule has 39 heavy (non-hydrogen) atoms. The van der Waals surface area contributed by atoms with Crippen LogP contribution in [0.1, 0.15) is 46.4 Å². The molecule has 0 amide bonds. The van der Waals surface area contributed by atoms with Crippen LogP contribution in [0, 0.1) is 0 Å². The molecule has 1 aliphatic heterocycles. The summed E-state index contributed by atoms with van der Waals surface area (Å²) in [5.41, 5.74) is -2.35.